The van der Waals surface area contributed by atoms with Crippen molar-refractivity contribution < 1.29 is 19.5 Å². The number of nitrogens with one attached hydrogen (secondary N) is 1. The maximum absolute atomic E-state index is 13.0. The highest BCUT2D eigenvalue weighted by Gasteiger charge is 2.22. The highest BCUT2D eigenvalue weighted by atomic mass is 19.1. The summed E-state index contributed by atoms with van der Waals surface area (Å²) in [4.78, 5) is 9.62. The van der Waals surface area contributed by atoms with Crippen molar-refractivity contribution in [3.05, 3.63) is 39.7 Å². The van der Waals surface area contributed by atoms with Gasteiger partial charge in [-0.1, -0.05) is 6.07 Å². The number of halogens is 1. The highest BCUT2D eigenvalue weighted by Crippen LogP contribution is 2.24. The van der Waals surface area contributed by atoms with Crippen LogP contribution >= 0.6 is 0 Å². The summed E-state index contributed by atoms with van der Waals surface area (Å²) >= 11 is 0. The summed E-state index contributed by atoms with van der Waals surface area (Å²) in [6, 6.07) is 3.01. The first kappa shape index (κ1) is 13.5. The van der Waals surface area contributed by atoms with Crippen LogP contribution in [0.5, 0.6) is 0 Å². The van der Waals surface area contributed by atoms with Crippen LogP contribution in [0.4, 0.5) is 10.1 Å². The standard InChI is InChI=1S/C10H13FN2O4/c1-12-5-9(14)10(15)6-2-3-7(11)8(4-6)13(16)17/h2-4,9-10,12,14-15H,5H2,1H3. The molecule has 0 radical (unpaired) electrons. The van der Waals surface area contributed by atoms with Crippen LogP contribution in [-0.2, 0) is 0 Å². The third-order valence-electron chi connectivity index (χ3n) is 2.29. The summed E-state index contributed by atoms with van der Waals surface area (Å²) in [6.07, 6.45) is -2.42. The van der Waals surface area contributed by atoms with E-state index >= 15 is 0 Å². The first-order valence-corrected chi connectivity index (χ1v) is 4.92. The van der Waals surface area contributed by atoms with Gasteiger partial charge < -0.3 is 15.5 Å². The zero-order chi connectivity index (χ0) is 13.0. The van der Waals surface area contributed by atoms with Gasteiger partial charge in [0.15, 0.2) is 0 Å². The summed E-state index contributed by atoms with van der Waals surface area (Å²) in [5.41, 5.74) is -0.626. The minimum atomic E-state index is -1.30. The van der Waals surface area contributed by atoms with Crippen molar-refractivity contribution in [2.24, 2.45) is 0 Å². The molecule has 0 amide bonds. The van der Waals surface area contributed by atoms with E-state index in [1.165, 1.54) is 6.07 Å². The minimum absolute atomic E-state index is 0.0980. The molecule has 0 aromatic heterocycles. The maximum atomic E-state index is 13.0. The number of hydrogen-bond acceptors (Lipinski definition) is 5. The summed E-state index contributed by atoms with van der Waals surface area (Å²) in [5, 5.41) is 32.3. The molecule has 2 unspecified atom stereocenters. The van der Waals surface area contributed by atoms with Gasteiger partial charge in [0, 0.05) is 12.6 Å². The number of nitro groups is 1. The molecule has 2 atom stereocenters. The lowest BCUT2D eigenvalue weighted by Crippen LogP contribution is -2.29. The van der Waals surface area contributed by atoms with Crippen molar-refractivity contribution in [3.8, 4) is 0 Å². The van der Waals surface area contributed by atoms with E-state index < -0.39 is 28.6 Å². The third kappa shape index (κ3) is 3.19. The average Bonchev–Trinajstić information content (AvgIpc) is 2.28. The number of likely N-dealkylation sites (N-methyl/N-ethyl adjacent to an activating group) is 1. The quantitative estimate of drug-likeness (QED) is 0.513. The first-order valence-electron chi connectivity index (χ1n) is 4.92. The molecule has 1 aromatic carbocycles. The van der Waals surface area contributed by atoms with Gasteiger partial charge in [0.25, 0.3) is 0 Å². The second-order valence-corrected chi connectivity index (χ2v) is 3.54. The van der Waals surface area contributed by atoms with E-state index in [-0.39, 0.29) is 12.1 Å². The fraction of sp³-hybridized carbons (Fsp3) is 0.400. The Balaban J connectivity index is 2.99. The van der Waals surface area contributed by atoms with Crippen LogP contribution in [-0.4, -0.2) is 34.8 Å². The van der Waals surface area contributed by atoms with Crippen LogP contribution in [0.25, 0.3) is 0 Å². The minimum Gasteiger partial charge on any atom is -0.389 e. The highest BCUT2D eigenvalue weighted by molar-refractivity contribution is 5.37. The van der Waals surface area contributed by atoms with Crippen molar-refractivity contribution in [1.82, 2.24) is 5.32 Å². The molecule has 0 bridgehead atoms. The Morgan fingerprint density at radius 2 is 2.18 bits per heavy atom. The van der Waals surface area contributed by atoms with Crippen LogP contribution < -0.4 is 5.32 Å². The fourth-order valence-electron chi connectivity index (χ4n) is 1.40. The van der Waals surface area contributed by atoms with Crippen LogP contribution in [0.2, 0.25) is 0 Å². The SMILES string of the molecule is CNCC(O)C(O)c1ccc(F)c([N+](=O)[O-])c1. The topological polar surface area (TPSA) is 95.6 Å². The molecule has 1 aromatic rings. The van der Waals surface area contributed by atoms with Gasteiger partial charge in [0.05, 0.1) is 11.0 Å². The van der Waals surface area contributed by atoms with E-state index in [0.717, 1.165) is 12.1 Å². The Bertz CT molecular complexity index is 413. The second kappa shape index (κ2) is 5.67. The van der Waals surface area contributed by atoms with E-state index in [2.05, 4.69) is 5.32 Å². The third-order valence-corrected chi connectivity index (χ3v) is 2.29. The molecular formula is C10H13FN2O4. The van der Waals surface area contributed by atoms with Crippen molar-refractivity contribution >= 4 is 5.69 Å². The molecule has 1 rings (SSSR count). The summed E-state index contributed by atoms with van der Waals surface area (Å²) in [7, 11) is 1.59. The van der Waals surface area contributed by atoms with Gasteiger partial charge in [-0.2, -0.15) is 4.39 Å². The van der Waals surface area contributed by atoms with E-state index in [1.807, 2.05) is 0 Å². The molecule has 0 spiro atoms. The average molecular weight is 244 g/mol. The molecule has 6 nitrogen and oxygen atoms in total. The Morgan fingerprint density at radius 3 is 2.71 bits per heavy atom. The number of aliphatic hydroxyl groups excluding tert-OH is 2. The number of nitrogens with zero attached hydrogens (tertiary/aromatic N) is 1. The van der Waals surface area contributed by atoms with Crippen molar-refractivity contribution in [2.75, 3.05) is 13.6 Å². The number of benzene rings is 1. The van der Waals surface area contributed by atoms with E-state index in [4.69, 9.17) is 0 Å². The Morgan fingerprint density at radius 1 is 1.53 bits per heavy atom. The normalized spacial score (nSPS) is 14.4. The van der Waals surface area contributed by atoms with E-state index in [0.29, 0.717) is 0 Å². The first-order chi connectivity index (χ1) is 7.97. The fourth-order valence-corrected chi connectivity index (χ4v) is 1.40. The summed E-state index contributed by atoms with van der Waals surface area (Å²) < 4.78 is 13.0. The van der Waals surface area contributed by atoms with Crippen molar-refractivity contribution in [2.45, 2.75) is 12.2 Å². The number of aliphatic hydroxyl groups is 2. The van der Waals surface area contributed by atoms with Gasteiger partial charge in [0.2, 0.25) is 5.82 Å². The molecule has 0 aliphatic carbocycles. The van der Waals surface area contributed by atoms with Crippen molar-refractivity contribution in [1.29, 1.82) is 0 Å². The lowest BCUT2D eigenvalue weighted by Gasteiger charge is -2.17. The summed E-state index contributed by atoms with van der Waals surface area (Å²) in [5.74, 6) is -0.978. The largest absolute Gasteiger partial charge is 0.389 e. The maximum Gasteiger partial charge on any atom is 0.305 e. The zero-order valence-corrected chi connectivity index (χ0v) is 9.13. The number of nitro benzene ring substituents is 1. The van der Waals surface area contributed by atoms with Gasteiger partial charge in [-0.25, -0.2) is 0 Å². The Hall–Kier alpha value is -1.57. The van der Waals surface area contributed by atoms with Crippen LogP contribution in [0.1, 0.15) is 11.7 Å². The molecular weight excluding hydrogens is 231 g/mol. The number of hydrogen-bond donors (Lipinski definition) is 3. The van der Waals surface area contributed by atoms with Gasteiger partial charge in [-0.15, -0.1) is 0 Å². The lowest BCUT2D eigenvalue weighted by molar-refractivity contribution is -0.387. The van der Waals surface area contributed by atoms with E-state index in [1.54, 1.807) is 7.05 Å². The molecule has 7 heteroatoms. The Labute approximate surface area is 96.8 Å². The van der Waals surface area contributed by atoms with Gasteiger partial charge in [-0.3, -0.25) is 10.1 Å². The van der Waals surface area contributed by atoms with Crippen LogP contribution in [0.3, 0.4) is 0 Å². The smallest absolute Gasteiger partial charge is 0.305 e. The van der Waals surface area contributed by atoms with Gasteiger partial charge >= 0.3 is 5.69 Å². The van der Waals surface area contributed by atoms with E-state index in [9.17, 15) is 24.7 Å². The predicted octanol–water partition coefficient (Wildman–Crippen LogP) is 0.348. The predicted molar refractivity (Wildman–Crippen MR) is 57.9 cm³/mol. The molecule has 0 saturated carbocycles. The monoisotopic (exact) mass is 244 g/mol. The van der Waals surface area contributed by atoms with Crippen LogP contribution in [0.15, 0.2) is 18.2 Å². The van der Waals surface area contributed by atoms with Gasteiger partial charge in [0.1, 0.15) is 6.10 Å². The molecule has 94 valence electrons. The second-order valence-electron chi connectivity index (χ2n) is 3.54. The lowest BCUT2D eigenvalue weighted by atomic mass is 10.0. The molecule has 17 heavy (non-hydrogen) atoms. The number of rotatable bonds is 5. The molecule has 3 N–H and O–H groups in total. The van der Waals surface area contributed by atoms with Gasteiger partial charge in [-0.05, 0) is 18.7 Å². The van der Waals surface area contributed by atoms with Crippen molar-refractivity contribution in [3.63, 3.8) is 0 Å². The van der Waals surface area contributed by atoms with Crippen LogP contribution in [0, 0.1) is 15.9 Å². The molecule has 0 heterocycles. The molecule has 0 saturated heterocycles. The molecule has 0 aliphatic rings. The molecule has 0 aliphatic heterocycles. The molecule has 0 fully saturated rings. The Kier molecular flexibility index (Phi) is 4.50. The zero-order valence-electron chi connectivity index (χ0n) is 9.13. The summed E-state index contributed by atoms with van der Waals surface area (Å²) in [6.45, 7) is 0.117.